The maximum Gasteiger partial charge on any atom is 0.317 e. The van der Waals surface area contributed by atoms with Crippen LogP contribution >= 0.6 is 0 Å². The molecular weight excluding hydrogens is 256 g/mol. The van der Waals surface area contributed by atoms with Gasteiger partial charge >= 0.3 is 12.0 Å². The first kappa shape index (κ1) is 16.8. The standard InChI is InChI=1S/C15H28N2O3/c1-15(2)8-6-11-17(12-9-15)14(19)16-10-5-4-7-13(18)20-3/h4-12H2,1-3H3,(H,16,19). The summed E-state index contributed by atoms with van der Waals surface area (Å²) in [6, 6.07) is 0.0285. The number of hydrogen-bond donors (Lipinski definition) is 1. The molecule has 20 heavy (non-hydrogen) atoms. The van der Waals surface area contributed by atoms with Gasteiger partial charge in [-0.05, 0) is 37.5 Å². The predicted octanol–water partition coefficient (Wildman–Crippen LogP) is 2.55. The lowest BCUT2D eigenvalue weighted by Gasteiger charge is -2.23. The number of esters is 1. The van der Waals surface area contributed by atoms with Crippen molar-refractivity contribution in [2.75, 3.05) is 26.7 Å². The first-order valence-electron chi connectivity index (χ1n) is 7.54. The van der Waals surface area contributed by atoms with Gasteiger partial charge in [-0.25, -0.2) is 4.79 Å². The van der Waals surface area contributed by atoms with E-state index in [2.05, 4.69) is 23.9 Å². The Morgan fingerprint density at radius 2 is 1.95 bits per heavy atom. The SMILES string of the molecule is COC(=O)CCCCNC(=O)N1CCCC(C)(C)CC1. The molecule has 0 saturated carbocycles. The quantitative estimate of drug-likeness (QED) is 0.623. The first-order chi connectivity index (χ1) is 9.44. The smallest absolute Gasteiger partial charge is 0.317 e. The number of amides is 2. The van der Waals surface area contributed by atoms with Gasteiger partial charge in [0.2, 0.25) is 0 Å². The van der Waals surface area contributed by atoms with Crippen LogP contribution in [0.2, 0.25) is 0 Å². The molecule has 0 unspecified atom stereocenters. The van der Waals surface area contributed by atoms with Crippen LogP contribution in [0.25, 0.3) is 0 Å². The van der Waals surface area contributed by atoms with Gasteiger partial charge in [0, 0.05) is 26.1 Å². The molecule has 1 N–H and O–H groups in total. The van der Waals surface area contributed by atoms with Crippen molar-refractivity contribution in [2.45, 2.75) is 52.4 Å². The summed E-state index contributed by atoms with van der Waals surface area (Å²) in [5.74, 6) is -0.189. The summed E-state index contributed by atoms with van der Waals surface area (Å²) in [5, 5.41) is 2.93. The summed E-state index contributed by atoms with van der Waals surface area (Å²) < 4.78 is 4.57. The van der Waals surface area contributed by atoms with Crippen LogP contribution in [0.3, 0.4) is 0 Å². The fourth-order valence-corrected chi connectivity index (χ4v) is 2.43. The molecule has 1 aliphatic heterocycles. The van der Waals surface area contributed by atoms with Crippen LogP contribution in [0.15, 0.2) is 0 Å². The van der Waals surface area contributed by atoms with Crippen LogP contribution in [-0.2, 0) is 9.53 Å². The average Bonchev–Trinajstić information content (AvgIpc) is 2.58. The lowest BCUT2D eigenvalue weighted by molar-refractivity contribution is -0.140. The number of carbonyl (C=O) groups excluding carboxylic acids is 2. The highest BCUT2D eigenvalue weighted by Crippen LogP contribution is 2.29. The molecular formula is C15H28N2O3. The molecule has 5 heteroatoms. The molecule has 0 aromatic carbocycles. The van der Waals surface area contributed by atoms with Gasteiger partial charge in [0.15, 0.2) is 0 Å². The molecule has 1 heterocycles. The Morgan fingerprint density at radius 1 is 1.20 bits per heavy atom. The zero-order valence-electron chi connectivity index (χ0n) is 13.0. The lowest BCUT2D eigenvalue weighted by atomic mass is 9.85. The predicted molar refractivity (Wildman–Crippen MR) is 78.5 cm³/mol. The summed E-state index contributed by atoms with van der Waals surface area (Å²) >= 11 is 0. The van der Waals surface area contributed by atoms with Crippen LogP contribution in [-0.4, -0.2) is 43.6 Å². The van der Waals surface area contributed by atoms with Crippen LogP contribution in [0, 0.1) is 5.41 Å². The van der Waals surface area contributed by atoms with Crippen molar-refractivity contribution in [3.05, 3.63) is 0 Å². The Balaban J connectivity index is 2.17. The van der Waals surface area contributed by atoms with Gasteiger partial charge in [-0.3, -0.25) is 4.79 Å². The van der Waals surface area contributed by atoms with E-state index in [1.54, 1.807) is 0 Å². The molecule has 1 aliphatic rings. The van der Waals surface area contributed by atoms with Crippen LogP contribution in [0.5, 0.6) is 0 Å². The zero-order valence-corrected chi connectivity index (χ0v) is 13.0. The number of rotatable bonds is 5. The summed E-state index contributed by atoms with van der Waals surface area (Å²) in [4.78, 5) is 24.9. The summed E-state index contributed by atoms with van der Waals surface area (Å²) in [7, 11) is 1.39. The van der Waals surface area contributed by atoms with Gasteiger partial charge in [-0.1, -0.05) is 13.8 Å². The van der Waals surface area contributed by atoms with E-state index in [-0.39, 0.29) is 12.0 Å². The first-order valence-corrected chi connectivity index (χ1v) is 7.54. The van der Waals surface area contributed by atoms with Gasteiger partial charge in [0.05, 0.1) is 7.11 Å². The third-order valence-electron chi connectivity index (χ3n) is 3.94. The third kappa shape index (κ3) is 6.26. The summed E-state index contributed by atoms with van der Waals surface area (Å²) in [6.45, 7) is 6.83. The van der Waals surface area contributed by atoms with Gasteiger partial charge < -0.3 is 15.0 Å². The topological polar surface area (TPSA) is 58.6 Å². The number of urea groups is 1. The normalized spacial score (nSPS) is 18.2. The number of likely N-dealkylation sites (tertiary alicyclic amines) is 1. The molecule has 0 radical (unpaired) electrons. The minimum atomic E-state index is -0.189. The van der Waals surface area contributed by atoms with Crippen molar-refractivity contribution < 1.29 is 14.3 Å². The lowest BCUT2D eigenvalue weighted by Crippen LogP contribution is -2.41. The molecule has 1 rings (SSSR count). The largest absolute Gasteiger partial charge is 0.469 e. The van der Waals surface area contributed by atoms with E-state index in [1.807, 2.05) is 4.90 Å². The van der Waals surface area contributed by atoms with Crippen molar-refractivity contribution in [3.63, 3.8) is 0 Å². The molecule has 116 valence electrons. The Labute approximate surface area is 122 Å². The van der Waals surface area contributed by atoms with E-state index < -0.39 is 0 Å². The van der Waals surface area contributed by atoms with E-state index in [9.17, 15) is 9.59 Å². The Morgan fingerprint density at radius 3 is 2.65 bits per heavy atom. The van der Waals surface area contributed by atoms with E-state index in [1.165, 1.54) is 13.5 Å². The molecule has 0 aliphatic carbocycles. The van der Waals surface area contributed by atoms with Gasteiger partial charge in [0.25, 0.3) is 0 Å². The van der Waals surface area contributed by atoms with E-state index in [0.29, 0.717) is 18.4 Å². The number of nitrogens with zero attached hydrogens (tertiary/aromatic N) is 1. The summed E-state index contributed by atoms with van der Waals surface area (Å²) in [5.41, 5.74) is 0.343. The van der Waals surface area contributed by atoms with Crippen molar-refractivity contribution in [1.29, 1.82) is 0 Å². The van der Waals surface area contributed by atoms with Gasteiger partial charge in [-0.15, -0.1) is 0 Å². The van der Waals surface area contributed by atoms with Crippen molar-refractivity contribution in [1.82, 2.24) is 10.2 Å². The van der Waals surface area contributed by atoms with E-state index >= 15 is 0 Å². The minimum absolute atomic E-state index is 0.0285. The second-order valence-corrected chi connectivity index (χ2v) is 6.27. The van der Waals surface area contributed by atoms with Crippen molar-refractivity contribution >= 4 is 12.0 Å². The van der Waals surface area contributed by atoms with E-state index in [4.69, 9.17) is 0 Å². The van der Waals surface area contributed by atoms with Crippen molar-refractivity contribution in [3.8, 4) is 0 Å². The summed E-state index contributed by atoms with van der Waals surface area (Å²) in [6.07, 6.45) is 5.28. The van der Waals surface area contributed by atoms with E-state index in [0.717, 1.165) is 38.8 Å². The monoisotopic (exact) mass is 284 g/mol. The molecule has 2 amide bonds. The molecule has 1 fully saturated rings. The number of nitrogens with one attached hydrogen (secondary N) is 1. The Kier molecular flexibility index (Phi) is 6.82. The fourth-order valence-electron chi connectivity index (χ4n) is 2.43. The van der Waals surface area contributed by atoms with Crippen LogP contribution < -0.4 is 5.32 Å². The second kappa shape index (κ2) is 8.12. The Hall–Kier alpha value is -1.26. The maximum atomic E-state index is 12.0. The molecule has 0 aromatic heterocycles. The van der Waals surface area contributed by atoms with Gasteiger partial charge in [-0.2, -0.15) is 0 Å². The highest BCUT2D eigenvalue weighted by Gasteiger charge is 2.25. The number of carbonyl (C=O) groups is 2. The number of hydrogen-bond acceptors (Lipinski definition) is 3. The molecule has 0 bridgehead atoms. The number of methoxy groups -OCH3 is 1. The molecule has 5 nitrogen and oxygen atoms in total. The molecule has 0 aromatic rings. The third-order valence-corrected chi connectivity index (χ3v) is 3.94. The fraction of sp³-hybridized carbons (Fsp3) is 0.867. The van der Waals surface area contributed by atoms with Gasteiger partial charge in [0.1, 0.15) is 0 Å². The van der Waals surface area contributed by atoms with Crippen LogP contribution in [0.1, 0.15) is 52.4 Å². The molecule has 0 spiro atoms. The second-order valence-electron chi connectivity index (χ2n) is 6.27. The Bertz CT molecular complexity index is 329. The maximum absolute atomic E-state index is 12.0. The zero-order chi connectivity index (χ0) is 15.0. The number of unbranched alkanes of at least 4 members (excludes halogenated alkanes) is 1. The highest BCUT2D eigenvalue weighted by atomic mass is 16.5. The average molecular weight is 284 g/mol. The minimum Gasteiger partial charge on any atom is -0.469 e. The highest BCUT2D eigenvalue weighted by molar-refractivity contribution is 5.74. The molecule has 0 atom stereocenters. The number of ether oxygens (including phenoxy) is 1. The van der Waals surface area contributed by atoms with Crippen molar-refractivity contribution in [2.24, 2.45) is 5.41 Å². The van der Waals surface area contributed by atoms with Crippen LogP contribution in [0.4, 0.5) is 4.79 Å². The molecule has 1 saturated heterocycles.